The lowest BCUT2D eigenvalue weighted by molar-refractivity contribution is -0.467. The van der Waals surface area contributed by atoms with Crippen LogP contribution in [0.4, 0.5) is 0 Å². The van der Waals surface area contributed by atoms with Gasteiger partial charge in [-0.15, -0.1) is 4.33 Å². The Morgan fingerprint density at radius 3 is 2.62 bits per heavy atom. The Morgan fingerprint density at radius 1 is 1.38 bits per heavy atom. The SMILES string of the molecule is CSOOO[C@@H]1C[C@@H]1OS(C)(=O)=O. The lowest BCUT2D eigenvalue weighted by Gasteiger charge is -1.99. The van der Waals surface area contributed by atoms with E-state index >= 15 is 0 Å². The van der Waals surface area contributed by atoms with Crippen LogP contribution in [0.2, 0.25) is 0 Å². The second-order valence-electron chi connectivity index (χ2n) is 2.51. The summed E-state index contributed by atoms with van der Waals surface area (Å²) >= 11 is 0.979. The van der Waals surface area contributed by atoms with Gasteiger partial charge in [-0.05, 0) is 0 Å². The molecule has 1 aliphatic rings. The molecule has 0 saturated heterocycles. The minimum atomic E-state index is -3.41. The zero-order chi connectivity index (χ0) is 9.90. The molecule has 0 aliphatic heterocycles. The van der Waals surface area contributed by atoms with Crippen LogP contribution in [0.3, 0.4) is 0 Å². The summed E-state index contributed by atoms with van der Waals surface area (Å²) in [6, 6.07) is 0. The molecule has 0 N–H and O–H groups in total. The first kappa shape index (κ1) is 11.2. The third-order valence-electron chi connectivity index (χ3n) is 1.23. The third-order valence-corrected chi connectivity index (χ3v) is 2.02. The Morgan fingerprint density at radius 2 is 2.08 bits per heavy atom. The molecule has 0 aromatic carbocycles. The molecule has 2 atom stereocenters. The zero-order valence-corrected chi connectivity index (χ0v) is 8.76. The molecule has 8 heteroatoms. The highest BCUT2D eigenvalue weighted by molar-refractivity contribution is 7.93. The number of hydrogen-bond acceptors (Lipinski definition) is 7. The Balaban J connectivity index is 2.09. The molecule has 0 aromatic heterocycles. The fourth-order valence-corrected chi connectivity index (χ4v) is 1.41. The predicted molar refractivity (Wildman–Crippen MR) is 44.9 cm³/mol. The Bertz CT molecular complexity index is 250. The molecule has 1 fully saturated rings. The molecule has 0 unspecified atom stereocenters. The van der Waals surface area contributed by atoms with Crippen molar-refractivity contribution < 1.29 is 26.9 Å². The van der Waals surface area contributed by atoms with E-state index in [9.17, 15) is 8.42 Å². The molecule has 1 aliphatic carbocycles. The predicted octanol–water partition coefficient (Wildman–Crippen LogP) is 0.261. The summed E-state index contributed by atoms with van der Waals surface area (Å²) in [4.78, 5) is 4.62. The molecule has 0 aromatic rings. The molecule has 13 heavy (non-hydrogen) atoms. The van der Waals surface area contributed by atoms with Crippen LogP contribution >= 0.6 is 12.0 Å². The van der Waals surface area contributed by atoms with E-state index in [1.54, 1.807) is 6.26 Å². The highest BCUT2D eigenvalue weighted by Gasteiger charge is 2.44. The zero-order valence-electron chi connectivity index (χ0n) is 7.13. The first-order chi connectivity index (χ1) is 6.03. The van der Waals surface area contributed by atoms with E-state index in [1.807, 2.05) is 0 Å². The van der Waals surface area contributed by atoms with Gasteiger partial charge in [0.05, 0.1) is 6.26 Å². The summed E-state index contributed by atoms with van der Waals surface area (Å²) in [6.45, 7) is 0. The average Bonchev–Trinajstić information content (AvgIpc) is 2.65. The fraction of sp³-hybridized carbons (Fsp3) is 1.00. The number of rotatable bonds is 6. The summed E-state index contributed by atoms with van der Waals surface area (Å²) in [5, 5.41) is 4.24. The fourth-order valence-electron chi connectivity index (χ4n) is 0.672. The van der Waals surface area contributed by atoms with Crippen molar-refractivity contribution in [3.63, 3.8) is 0 Å². The van der Waals surface area contributed by atoms with Crippen LogP contribution in [-0.4, -0.2) is 33.1 Å². The van der Waals surface area contributed by atoms with E-state index in [0.29, 0.717) is 6.42 Å². The van der Waals surface area contributed by atoms with Gasteiger partial charge in [0.1, 0.15) is 12.2 Å². The molecule has 78 valence electrons. The minimum absolute atomic E-state index is 0.359. The molecular weight excluding hydrogens is 220 g/mol. The summed E-state index contributed by atoms with van der Waals surface area (Å²) in [7, 11) is -3.41. The Labute approximate surface area is 80.7 Å². The van der Waals surface area contributed by atoms with E-state index in [1.165, 1.54) is 0 Å². The monoisotopic (exact) mass is 230 g/mol. The standard InChI is InChI=1S/C5H10O6S2/c1-12-11-10-8-4-3-5(4)9-13(2,6)7/h4-5H,3H2,1-2H3/t4-,5+/m1/s1. The van der Waals surface area contributed by atoms with Crippen LogP contribution in [0.1, 0.15) is 6.42 Å². The molecule has 0 heterocycles. The van der Waals surface area contributed by atoms with Gasteiger partial charge in [0.2, 0.25) is 0 Å². The van der Waals surface area contributed by atoms with Crippen LogP contribution < -0.4 is 0 Å². The minimum Gasteiger partial charge on any atom is -0.264 e. The van der Waals surface area contributed by atoms with E-state index < -0.39 is 16.2 Å². The smallest absolute Gasteiger partial charge is 0.264 e. The Hall–Kier alpha value is 0.140. The highest BCUT2D eigenvalue weighted by atomic mass is 32.2. The summed E-state index contributed by atoms with van der Waals surface area (Å²) in [5.74, 6) is 0. The van der Waals surface area contributed by atoms with Crippen molar-refractivity contribution in [2.24, 2.45) is 0 Å². The first-order valence-electron chi connectivity index (χ1n) is 3.44. The lowest BCUT2D eigenvalue weighted by atomic mass is 10.8. The molecule has 1 saturated carbocycles. The van der Waals surface area contributed by atoms with Crippen molar-refractivity contribution in [3.05, 3.63) is 0 Å². The van der Waals surface area contributed by atoms with Crippen LogP contribution in [-0.2, 0) is 28.6 Å². The maximum absolute atomic E-state index is 10.6. The van der Waals surface area contributed by atoms with Crippen LogP contribution in [0.5, 0.6) is 0 Å². The maximum Gasteiger partial charge on any atom is 0.264 e. The van der Waals surface area contributed by atoms with Gasteiger partial charge >= 0.3 is 0 Å². The van der Waals surface area contributed by atoms with Crippen molar-refractivity contribution in [1.29, 1.82) is 0 Å². The van der Waals surface area contributed by atoms with Gasteiger partial charge in [-0.1, -0.05) is 5.04 Å². The molecule has 0 radical (unpaired) electrons. The third kappa shape index (κ3) is 4.79. The lowest BCUT2D eigenvalue weighted by Crippen LogP contribution is -2.09. The van der Waals surface area contributed by atoms with Gasteiger partial charge < -0.3 is 0 Å². The summed E-state index contributed by atoms with van der Waals surface area (Å²) in [5.41, 5.74) is 0. The Kier molecular flexibility index (Phi) is 3.95. The molecular formula is C5H10O6S2. The molecule has 6 nitrogen and oxygen atoms in total. The quantitative estimate of drug-likeness (QED) is 0.213. The van der Waals surface area contributed by atoms with E-state index in [0.717, 1.165) is 18.3 Å². The molecule has 0 spiro atoms. The van der Waals surface area contributed by atoms with Crippen molar-refractivity contribution in [2.75, 3.05) is 12.5 Å². The molecule has 1 rings (SSSR count). The second kappa shape index (κ2) is 4.58. The largest absolute Gasteiger partial charge is 0.264 e. The molecule has 0 amide bonds. The van der Waals surface area contributed by atoms with E-state index in [2.05, 4.69) is 18.4 Å². The van der Waals surface area contributed by atoms with Gasteiger partial charge in [-0.2, -0.15) is 13.3 Å². The summed E-state index contributed by atoms with van der Waals surface area (Å²) in [6.07, 6.45) is 2.33. The molecule has 0 bridgehead atoms. The van der Waals surface area contributed by atoms with Gasteiger partial charge in [-0.3, -0.25) is 4.18 Å². The second-order valence-corrected chi connectivity index (χ2v) is 4.58. The van der Waals surface area contributed by atoms with Crippen LogP contribution in [0.25, 0.3) is 0 Å². The van der Waals surface area contributed by atoms with Gasteiger partial charge in [-0.25, -0.2) is 0 Å². The van der Waals surface area contributed by atoms with Crippen molar-refractivity contribution in [3.8, 4) is 0 Å². The normalized spacial score (nSPS) is 27.5. The van der Waals surface area contributed by atoms with Gasteiger partial charge in [0.15, 0.2) is 0 Å². The van der Waals surface area contributed by atoms with Crippen LogP contribution in [0, 0.1) is 0 Å². The van der Waals surface area contributed by atoms with E-state index in [4.69, 9.17) is 0 Å². The van der Waals surface area contributed by atoms with Crippen molar-refractivity contribution >= 4 is 22.2 Å². The number of hydrogen-bond donors (Lipinski definition) is 0. The van der Waals surface area contributed by atoms with Gasteiger partial charge in [0, 0.05) is 24.7 Å². The first-order valence-corrected chi connectivity index (χ1v) is 6.40. The topological polar surface area (TPSA) is 71.1 Å². The van der Waals surface area contributed by atoms with Crippen LogP contribution in [0.15, 0.2) is 0 Å². The van der Waals surface area contributed by atoms with E-state index in [-0.39, 0.29) is 6.10 Å². The maximum atomic E-state index is 10.6. The van der Waals surface area contributed by atoms with Crippen molar-refractivity contribution in [2.45, 2.75) is 18.6 Å². The highest BCUT2D eigenvalue weighted by Crippen LogP contribution is 2.30. The average molecular weight is 230 g/mol. The van der Waals surface area contributed by atoms with Gasteiger partial charge in [0.25, 0.3) is 10.1 Å². The summed E-state index contributed by atoms with van der Waals surface area (Å²) < 4.78 is 30.2. The van der Waals surface area contributed by atoms with Crippen molar-refractivity contribution in [1.82, 2.24) is 0 Å².